The van der Waals surface area contributed by atoms with Crippen LogP contribution in [0.15, 0.2) is 65.5 Å². The van der Waals surface area contributed by atoms with Crippen molar-refractivity contribution in [3.63, 3.8) is 0 Å². The highest BCUT2D eigenvalue weighted by Gasteiger charge is 2.09. The van der Waals surface area contributed by atoms with Crippen LogP contribution in [0.4, 0.5) is 17.1 Å². The van der Waals surface area contributed by atoms with Gasteiger partial charge in [0.2, 0.25) is 5.91 Å². The molecule has 0 spiro atoms. The monoisotopic (exact) mass is 348 g/mol. The molecule has 0 atom stereocenters. The van der Waals surface area contributed by atoms with E-state index in [-0.39, 0.29) is 12.5 Å². The highest BCUT2D eigenvalue weighted by Crippen LogP contribution is 2.18. The summed E-state index contributed by atoms with van der Waals surface area (Å²) in [5.41, 5.74) is 3.51. The van der Waals surface area contributed by atoms with Crippen LogP contribution in [0.25, 0.3) is 0 Å². The molecule has 6 heteroatoms. The Morgan fingerprint density at radius 1 is 0.962 bits per heavy atom. The Bertz CT molecular complexity index is 963. The largest absolute Gasteiger partial charge is 0.356 e. The third-order valence-electron chi connectivity index (χ3n) is 3.88. The van der Waals surface area contributed by atoms with Gasteiger partial charge in [-0.05, 0) is 56.3 Å². The van der Waals surface area contributed by atoms with Crippen molar-refractivity contribution in [1.82, 2.24) is 9.55 Å². The standard InChI is InChI=1S/C20H20N4O2/c1-14-12-15(2)24(20(26)21-14)13-19(25)23-18-10-8-17(9-11-18)22-16-6-4-3-5-7-16/h3-12,22H,13H2,1-2H3,(H,23,25). The van der Waals surface area contributed by atoms with Crippen molar-refractivity contribution in [3.05, 3.63) is 82.5 Å². The lowest BCUT2D eigenvalue weighted by Gasteiger charge is -2.11. The summed E-state index contributed by atoms with van der Waals surface area (Å²) in [6.07, 6.45) is 0. The van der Waals surface area contributed by atoms with Crippen LogP contribution in [0.3, 0.4) is 0 Å². The Labute approximate surface area is 151 Å². The lowest BCUT2D eigenvalue weighted by molar-refractivity contribution is -0.116. The Morgan fingerprint density at radius 2 is 1.58 bits per heavy atom. The smallest absolute Gasteiger partial charge is 0.348 e. The Balaban J connectivity index is 1.64. The molecule has 2 N–H and O–H groups in total. The van der Waals surface area contributed by atoms with Gasteiger partial charge in [-0.2, -0.15) is 4.98 Å². The van der Waals surface area contributed by atoms with Crippen molar-refractivity contribution in [1.29, 1.82) is 0 Å². The van der Waals surface area contributed by atoms with E-state index in [1.165, 1.54) is 4.57 Å². The summed E-state index contributed by atoms with van der Waals surface area (Å²) in [4.78, 5) is 28.0. The van der Waals surface area contributed by atoms with E-state index >= 15 is 0 Å². The fourth-order valence-corrected chi connectivity index (χ4v) is 2.64. The van der Waals surface area contributed by atoms with E-state index in [2.05, 4.69) is 15.6 Å². The highest BCUT2D eigenvalue weighted by atomic mass is 16.2. The molecule has 132 valence electrons. The molecule has 0 aliphatic carbocycles. The zero-order chi connectivity index (χ0) is 18.5. The summed E-state index contributed by atoms with van der Waals surface area (Å²) in [7, 11) is 0. The molecule has 0 aliphatic heterocycles. The molecule has 2 aromatic carbocycles. The maximum atomic E-state index is 12.2. The Morgan fingerprint density at radius 3 is 2.23 bits per heavy atom. The molecule has 1 aromatic heterocycles. The second-order valence-electron chi connectivity index (χ2n) is 6.02. The molecule has 1 heterocycles. The van der Waals surface area contributed by atoms with Gasteiger partial charge in [0, 0.05) is 28.5 Å². The zero-order valence-electron chi connectivity index (χ0n) is 14.7. The van der Waals surface area contributed by atoms with Crippen molar-refractivity contribution in [2.45, 2.75) is 20.4 Å². The zero-order valence-corrected chi connectivity index (χ0v) is 14.7. The summed E-state index contributed by atoms with van der Waals surface area (Å²) < 4.78 is 1.35. The molecule has 0 saturated heterocycles. The van der Waals surface area contributed by atoms with E-state index in [0.717, 1.165) is 11.4 Å². The first-order valence-electron chi connectivity index (χ1n) is 8.28. The van der Waals surface area contributed by atoms with Crippen LogP contribution in [0.1, 0.15) is 11.4 Å². The molecule has 3 aromatic rings. The minimum atomic E-state index is -0.417. The number of carbonyl (C=O) groups is 1. The fraction of sp³-hybridized carbons (Fsp3) is 0.150. The van der Waals surface area contributed by atoms with E-state index in [1.54, 1.807) is 19.9 Å². The van der Waals surface area contributed by atoms with Gasteiger partial charge in [0.1, 0.15) is 6.54 Å². The summed E-state index contributed by atoms with van der Waals surface area (Å²) in [5, 5.41) is 6.07. The molecule has 26 heavy (non-hydrogen) atoms. The van der Waals surface area contributed by atoms with Crippen molar-refractivity contribution in [2.24, 2.45) is 0 Å². The number of aryl methyl sites for hydroxylation is 2. The number of aromatic nitrogens is 2. The highest BCUT2D eigenvalue weighted by molar-refractivity contribution is 5.90. The van der Waals surface area contributed by atoms with Gasteiger partial charge in [-0.15, -0.1) is 0 Å². The maximum absolute atomic E-state index is 12.2. The van der Waals surface area contributed by atoms with Gasteiger partial charge in [0.25, 0.3) is 0 Å². The van der Waals surface area contributed by atoms with Crippen LogP contribution in [0.2, 0.25) is 0 Å². The van der Waals surface area contributed by atoms with Crippen LogP contribution in [-0.2, 0) is 11.3 Å². The van der Waals surface area contributed by atoms with Crippen molar-refractivity contribution >= 4 is 23.0 Å². The molecule has 1 amide bonds. The van der Waals surface area contributed by atoms with E-state index in [4.69, 9.17) is 0 Å². The van der Waals surface area contributed by atoms with Gasteiger partial charge in [-0.3, -0.25) is 9.36 Å². The lowest BCUT2D eigenvalue weighted by atomic mass is 10.2. The molecule has 3 rings (SSSR count). The molecule has 0 fully saturated rings. The van der Waals surface area contributed by atoms with E-state index in [1.807, 2.05) is 54.6 Å². The third kappa shape index (κ3) is 4.36. The van der Waals surface area contributed by atoms with Crippen LogP contribution in [-0.4, -0.2) is 15.5 Å². The number of nitrogens with zero attached hydrogens (tertiary/aromatic N) is 2. The molecule has 0 bridgehead atoms. The first-order chi connectivity index (χ1) is 12.5. The molecular formula is C20H20N4O2. The number of amides is 1. The number of benzene rings is 2. The second-order valence-corrected chi connectivity index (χ2v) is 6.02. The number of carbonyl (C=O) groups excluding carboxylic acids is 1. The van der Waals surface area contributed by atoms with Crippen molar-refractivity contribution in [3.8, 4) is 0 Å². The first kappa shape index (κ1) is 17.4. The molecular weight excluding hydrogens is 328 g/mol. The van der Waals surface area contributed by atoms with Gasteiger partial charge < -0.3 is 10.6 Å². The quantitative estimate of drug-likeness (QED) is 0.742. The minimum Gasteiger partial charge on any atom is -0.356 e. The Kier molecular flexibility index (Phi) is 5.12. The summed E-state index contributed by atoms with van der Waals surface area (Å²) in [6.45, 7) is 3.47. The van der Waals surface area contributed by atoms with Gasteiger partial charge in [0.05, 0.1) is 0 Å². The van der Waals surface area contributed by atoms with E-state index in [0.29, 0.717) is 17.1 Å². The van der Waals surface area contributed by atoms with Crippen LogP contribution < -0.4 is 16.3 Å². The van der Waals surface area contributed by atoms with E-state index in [9.17, 15) is 9.59 Å². The van der Waals surface area contributed by atoms with Crippen molar-refractivity contribution < 1.29 is 4.79 Å². The fourth-order valence-electron chi connectivity index (χ4n) is 2.64. The average molecular weight is 348 g/mol. The maximum Gasteiger partial charge on any atom is 0.348 e. The molecule has 0 radical (unpaired) electrons. The minimum absolute atomic E-state index is 0.0675. The predicted octanol–water partition coefficient (Wildman–Crippen LogP) is 3.24. The molecule has 6 nitrogen and oxygen atoms in total. The molecule has 0 aliphatic rings. The van der Waals surface area contributed by atoms with Crippen LogP contribution in [0.5, 0.6) is 0 Å². The normalized spacial score (nSPS) is 10.4. The van der Waals surface area contributed by atoms with Gasteiger partial charge in [-0.25, -0.2) is 4.79 Å². The molecule has 0 saturated carbocycles. The van der Waals surface area contributed by atoms with Crippen LogP contribution >= 0.6 is 0 Å². The summed E-state index contributed by atoms with van der Waals surface area (Å²) >= 11 is 0. The summed E-state index contributed by atoms with van der Waals surface area (Å²) in [5.74, 6) is -0.273. The topological polar surface area (TPSA) is 76.0 Å². The summed E-state index contributed by atoms with van der Waals surface area (Å²) in [6, 6.07) is 19.0. The van der Waals surface area contributed by atoms with Crippen LogP contribution in [0, 0.1) is 13.8 Å². The number of anilines is 3. The van der Waals surface area contributed by atoms with Gasteiger partial charge in [0.15, 0.2) is 0 Å². The lowest BCUT2D eigenvalue weighted by Crippen LogP contribution is -2.31. The second kappa shape index (κ2) is 7.65. The van der Waals surface area contributed by atoms with Crippen molar-refractivity contribution in [2.75, 3.05) is 10.6 Å². The van der Waals surface area contributed by atoms with Gasteiger partial charge >= 0.3 is 5.69 Å². The number of para-hydroxylation sites is 1. The first-order valence-corrected chi connectivity index (χ1v) is 8.28. The number of rotatable bonds is 5. The third-order valence-corrected chi connectivity index (χ3v) is 3.88. The number of hydrogen-bond acceptors (Lipinski definition) is 4. The predicted molar refractivity (Wildman–Crippen MR) is 103 cm³/mol. The SMILES string of the molecule is Cc1cc(C)n(CC(=O)Nc2ccc(Nc3ccccc3)cc2)c(=O)n1. The average Bonchev–Trinajstić information content (AvgIpc) is 2.61. The van der Waals surface area contributed by atoms with Gasteiger partial charge in [-0.1, -0.05) is 18.2 Å². The number of nitrogens with one attached hydrogen (secondary N) is 2. The Hall–Kier alpha value is -3.41. The van der Waals surface area contributed by atoms with E-state index < -0.39 is 5.69 Å². The molecule has 0 unspecified atom stereocenters. The number of hydrogen-bond donors (Lipinski definition) is 2.